The SMILES string of the molecule is CN=C(NCCNC(C)(C)C)NCc1ccc(C)cc1OCC(F)(F)F. The summed E-state index contributed by atoms with van der Waals surface area (Å²) in [6, 6.07) is 5.19. The van der Waals surface area contributed by atoms with Gasteiger partial charge in [-0.25, -0.2) is 0 Å². The summed E-state index contributed by atoms with van der Waals surface area (Å²) in [6.07, 6.45) is -4.37. The largest absolute Gasteiger partial charge is 0.484 e. The minimum Gasteiger partial charge on any atom is -0.484 e. The van der Waals surface area contributed by atoms with Gasteiger partial charge in [0.05, 0.1) is 0 Å². The number of halogens is 3. The zero-order chi connectivity index (χ0) is 19.8. The van der Waals surface area contributed by atoms with E-state index in [0.29, 0.717) is 24.6 Å². The zero-order valence-electron chi connectivity index (χ0n) is 16.0. The summed E-state index contributed by atoms with van der Waals surface area (Å²) < 4.78 is 42.2. The van der Waals surface area contributed by atoms with E-state index in [4.69, 9.17) is 4.74 Å². The fourth-order valence-electron chi connectivity index (χ4n) is 2.12. The van der Waals surface area contributed by atoms with Gasteiger partial charge in [-0.2, -0.15) is 13.2 Å². The van der Waals surface area contributed by atoms with E-state index < -0.39 is 12.8 Å². The third kappa shape index (κ3) is 9.50. The molecule has 1 aromatic carbocycles. The molecule has 26 heavy (non-hydrogen) atoms. The standard InChI is InChI=1S/C18H29F3N4O/c1-13-6-7-14(15(10-13)26-12-18(19,20)21)11-24-16(22-5)23-8-9-25-17(2,3)4/h6-7,10,25H,8-9,11-12H2,1-5H3,(H2,22,23,24). The first kappa shape index (κ1) is 22.1. The Morgan fingerprint density at radius 2 is 1.81 bits per heavy atom. The number of nitrogens with zero attached hydrogens (tertiary/aromatic N) is 1. The van der Waals surface area contributed by atoms with Gasteiger partial charge in [-0.15, -0.1) is 0 Å². The van der Waals surface area contributed by atoms with Gasteiger partial charge < -0.3 is 20.7 Å². The highest BCUT2D eigenvalue weighted by molar-refractivity contribution is 5.79. The highest BCUT2D eigenvalue weighted by Gasteiger charge is 2.28. The van der Waals surface area contributed by atoms with Gasteiger partial charge >= 0.3 is 6.18 Å². The van der Waals surface area contributed by atoms with E-state index in [1.54, 1.807) is 26.1 Å². The van der Waals surface area contributed by atoms with Crippen molar-refractivity contribution < 1.29 is 17.9 Å². The predicted molar refractivity (Wildman–Crippen MR) is 98.7 cm³/mol. The second-order valence-corrected chi connectivity index (χ2v) is 7.04. The van der Waals surface area contributed by atoms with Crippen LogP contribution in [0.25, 0.3) is 0 Å². The average Bonchev–Trinajstić information content (AvgIpc) is 2.51. The fraction of sp³-hybridized carbons (Fsp3) is 0.611. The van der Waals surface area contributed by atoms with E-state index in [2.05, 4.69) is 41.7 Å². The Hall–Kier alpha value is -1.96. The molecule has 5 nitrogen and oxygen atoms in total. The molecule has 0 radical (unpaired) electrons. The van der Waals surface area contributed by atoms with E-state index in [1.165, 1.54) is 0 Å². The molecule has 0 atom stereocenters. The fourth-order valence-corrected chi connectivity index (χ4v) is 2.12. The third-order valence-corrected chi connectivity index (χ3v) is 3.36. The Bertz CT molecular complexity index is 595. The first-order chi connectivity index (χ1) is 12.0. The number of nitrogens with one attached hydrogen (secondary N) is 3. The van der Waals surface area contributed by atoms with Crippen molar-refractivity contribution in [3.8, 4) is 5.75 Å². The molecular formula is C18H29F3N4O. The lowest BCUT2D eigenvalue weighted by Crippen LogP contribution is -2.44. The second kappa shape index (κ2) is 9.66. The summed E-state index contributed by atoms with van der Waals surface area (Å²) in [6.45, 7) is 8.48. The van der Waals surface area contributed by atoms with Crippen molar-refractivity contribution in [3.05, 3.63) is 29.3 Å². The minimum atomic E-state index is -4.37. The van der Waals surface area contributed by atoms with Crippen molar-refractivity contribution in [3.63, 3.8) is 0 Å². The van der Waals surface area contributed by atoms with Crippen LogP contribution in [-0.4, -0.2) is 44.4 Å². The van der Waals surface area contributed by atoms with Crippen LogP contribution in [0.3, 0.4) is 0 Å². The van der Waals surface area contributed by atoms with Gasteiger partial charge in [0, 0.05) is 37.8 Å². The van der Waals surface area contributed by atoms with E-state index >= 15 is 0 Å². The summed E-state index contributed by atoms with van der Waals surface area (Å²) in [5.74, 6) is 0.794. The van der Waals surface area contributed by atoms with Gasteiger partial charge in [0.25, 0.3) is 0 Å². The predicted octanol–water partition coefficient (Wildman–Crippen LogP) is 2.99. The summed E-state index contributed by atoms with van der Waals surface area (Å²) in [5, 5.41) is 9.59. The van der Waals surface area contributed by atoms with Crippen molar-refractivity contribution in [2.75, 3.05) is 26.7 Å². The van der Waals surface area contributed by atoms with Crippen LogP contribution in [0.15, 0.2) is 23.2 Å². The number of hydrogen-bond donors (Lipinski definition) is 3. The normalized spacial score (nSPS) is 12.8. The molecule has 0 saturated heterocycles. The van der Waals surface area contributed by atoms with E-state index in [0.717, 1.165) is 12.1 Å². The van der Waals surface area contributed by atoms with Gasteiger partial charge in [-0.1, -0.05) is 12.1 Å². The first-order valence-electron chi connectivity index (χ1n) is 8.49. The van der Waals surface area contributed by atoms with Crippen molar-refractivity contribution in [2.24, 2.45) is 4.99 Å². The topological polar surface area (TPSA) is 57.7 Å². The number of hydrogen-bond acceptors (Lipinski definition) is 3. The van der Waals surface area contributed by atoms with Gasteiger partial charge in [0.2, 0.25) is 0 Å². The molecule has 0 unspecified atom stereocenters. The highest BCUT2D eigenvalue weighted by Crippen LogP contribution is 2.23. The molecule has 148 valence electrons. The molecule has 0 aliphatic carbocycles. The van der Waals surface area contributed by atoms with Crippen molar-refractivity contribution in [1.82, 2.24) is 16.0 Å². The molecule has 0 fully saturated rings. The van der Waals surface area contributed by atoms with E-state index in [1.807, 2.05) is 6.07 Å². The summed E-state index contributed by atoms with van der Waals surface area (Å²) >= 11 is 0. The Balaban J connectivity index is 2.59. The molecule has 0 aliphatic heterocycles. The van der Waals surface area contributed by atoms with Crippen LogP contribution in [0.5, 0.6) is 5.75 Å². The molecule has 0 bridgehead atoms. The van der Waals surface area contributed by atoms with Crippen molar-refractivity contribution >= 4 is 5.96 Å². The number of benzene rings is 1. The van der Waals surface area contributed by atoms with E-state index in [-0.39, 0.29) is 11.3 Å². The van der Waals surface area contributed by atoms with Crippen LogP contribution in [0.1, 0.15) is 31.9 Å². The third-order valence-electron chi connectivity index (χ3n) is 3.36. The zero-order valence-corrected chi connectivity index (χ0v) is 16.0. The molecule has 1 rings (SSSR count). The molecule has 0 spiro atoms. The van der Waals surface area contributed by atoms with Crippen LogP contribution in [0.4, 0.5) is 13.2 Å². The Kier molecular flexibility index (Phi) is 8.20. The maximum absolute atomic E-state index is 12.4. The molecule has 8 heteroatoms. The summed E-state index contributed by atoms with van der Waals surface area (Å²) in [7, 11) is 1.64. The lowest BCUT2D eigenvalue weighted by atomic mass is 10.1. The monoisotopic (exact) mass is 374 g/mol. The highest BCUT2D eigenvalue weighted by atomic mass is 19.4. The quantitative estimate of drug-likeness (QED) is 0.390. The molecule has 0 saturated carbocycles. The van der Waals surface area contributed by atoms with Crippen LogP contribution < -0.4 is 20.7 Å². The lowest BCUT2D eigenvalue weighted by Gasteiger charge is -2.21. The molecular weight excluding hydrogens is 345 g/mol. The van der Waals surface area contributed by atoms with E-state index in [9.17, 15) is 13.2 Å². The smallest absolute Gasteiger partial charge is 0.422 e. The summed E-state index contributed by atoms with van der Waals surface area (Å²) in [5.41, 5.74) is 1.50. The van der Waals surface area contributed by atoms with Crippen molar-refractivity contribution in [2.45, 2.75) is 46.0 Å². The van der Waals surface area contributed by atoms with Crippen molar-refractivity contribution in [1.29, 1.82) is 0 Å². The number of rotatable bonds is 7. The lowest BCUT2D eigenvalue weighted by molar-refractivity contribution is -0.153. The van der Waals surface area contributed by atoms with Gasteiger partial charge in [0.1, 0.15) is 5.75 Å². The minimum absolute atomic E-state index is 0.0330. The number of aryl methyl sites for hydroxylation is 1. The molecule has 3 N–H and O–H groups in total. The Labute approximate surface area is 153 Å². The van der Waals surface area contributed by atoms with Crippen LogP contribution in [0, 0.1) is 6.92 Å². The second-order valence-electron chi connectivity index (χ2n) is 7.04. The Morgan fingerprint density at radius 1 is 1.12 bits per heavy atom. The number of aliphatic imine (C=N–C) groups is 1. The van der Waals surface area contributed by atoms with Gasteiger partial charge in [-0.3, -0.25) is 4.99 Å². The average molecular weight is 374 g/mol. The summed E-state index contributed by atoms with van der Waals surface area (Å²) in [4.78, 5) is 4.12. The molecule has 1 aromatic rings. The van der Waals surface area contributed by atoms with Gasteiger partial charge in [-0.05, 0) is 39.3 Å². The van der Waals surface area contributed by atoms with Crippen LogP contribution in [0.2, 0.25) is 0 Å². The number of ether oxygens (including phenoxy) is 1. The van der Waals surface area contributed by atoms with Crippen LogP contribution >= 0.6 is 0 Å². The molecule has 0 amide bonds. The van der Waals surface area contributed by atoms with Crippen LogP contribution in [-0.2, 0) is 6.54 Å². The van der Waals surface area contributed by atoms with Gasteiger partial charge in [0.15, 0.2) is 12.6 Å². The maximum atomic E-state index is 12.4. The number of guanidine groups is 1. The Morgan fingerprint density at radius 3 is 2.38 bits per heavy atom. The first-order valence-corrected chi connectivity index (χ1v) is 8.49. The molecule has 0 aromatic heterocycles. The molecule has 0 aliphatic rings. The molecule has 0 heterocycles. The number of alkyl halides is 3. The maximum Gasteiger partial charge on any atom is 0.422 e.